The summed E-state index contributed by atoms with van der Waals surface area (Å²) in [6.45, 7) is 3.57. The number of aromatic nitrogens is 1. The van der Waals surface area contributed by atoms with Crippen LogP contribution < -0.4 is 0 Å². The predicted molar refractivity (Wildman–Crippen MR) is 152 cm³/mol. The average molecular weight is 539 g/mol. The third kappa shape index (κ3) is 8.08. The first-order valence-electron chi connectivity index (χ1n) is 12.5. The van der Waals surface area contributed by atoms with Gasteiger partial charge in [0.25, 0.3) is 0 Å². The second kappa shape index (κ2) is 13.6. The van der Waals surface area contributed by atoms with E-state index in [0.29, 0.717) is 42.8 Å². The van der Waals surface area contributed by atoms with Crippen LogP contribution >= 0.6 is 23.2 Å². The Kier molecular flexibility index (Phi) is 10.0. The molecule has 4 rings (SSSR count). The van der Waals surface area contributed by atoms with Crippen LogP contribution in [0.5, 0.6) is 0 Å². The second-order valence-electron chi connectivity index (χ2n) is 9.23. The molecule has 4 aromatic rings. The molecular formula is C30H33Cl2N3O2. The Morgan fingerprint density at radius 2 is 1.51 bits per heavy atom. The van der Waals surface area contributed by atoms with Crippen molar-refractivity contribution in [1.82, 2.24) is 14.8 Å². The number of ether oxygens (including phenoxy) is 1. The largest absolute Gasteiger partial charge is 0.385 e. The Balaban J connectivity index is 1.49. The van der Waals surface area contributed by atoms with E-state index in [9.17, 15) is 4.79 Å². The maximum absolute atomic E-state index is 13.7. The highest BCUT2D eigenvalue weighted by molar-refractivity contribution is 6.30. The van der Waals surface area contributed by atoms with Gasteiger partial charge in [0.05, 0.1) is 6.54 Å². The molecule has 194 valence electrons. The molecule has 3 aromatic carbocycles. The smallest absolute Gasteiger partial charge is 0.237 e. The minimum Gasteiger partial charge on any atom is -0.385 e. The van der Waals surface area contributed by atoms with E-state index in [1.54, 1.807) is 7.11 Å². The van der Waals surface area contributed by atoms with E-state index in [0.717, 1.165) is 36.0 Å². The number of nitrogens with one attached hydrogen (secondary N) is 1. The van der Waals surface area contributed by atoms with Gasteiger partial charge in [-0.15, -0.1) is 0 Å². The molecule has 5 nitrogen and oxygen atoms in total. The van der Waals surface area contributed by atoms with Gasteiger partial charge in [-0.3, -0.25) is 9.69 Å². The highest BCUT2D eigenvalue weighted by Gasteiger charge is 2.19. The van der Waals surface area contributed by atoms with Crippen LogP contribution in [-0.4, -0.2) is 54.0 Å². The molecule has 37 heavy (non-hydrogen) atoms. The van der Waals surface area contributed by atoms with Crippen LogP contribution in [0, 0.1) is 0 Å². The molecule has 1 aromatic heterocycles. The van der Waals surface area contributed by atoms with Gasteiger partial charge in [-0.1, -0.05) is 65.7 Å². The fourth-order valence-corrected chi connectivity index (χ4v) is 4.73. The molecule has 1 N–H and O–H groups in total. The molecular weight excluding hydrogens is 505 g/mol. The summed E-state index contributed by atoms with van der Waals surface area (Å²) in [5.41, 5.74) is 4.50. The number of para-hydroxylation sites is 1. The van der Waals surface area contributed by atoms with Crippen molar-refractivity contribution in [2.45, 2.75) is 25.9 Å². The first-order chi connectivity index (χ1) is 18.0. The van der Waals surface area contributed by atoms with Gasteiger partial charge in [0.2, 0.25) is 5.91 Å². The molecule has 0 radical (unpaired) electrons. The zero-order valence-electron chi connectivity index (χ0n) is 21.1. The number of hydrogen-bond donors (Lipinski definition) is 1. The number of H-pyrrole nitrogens is 1. The number of benzene rings is 3. The minimum absolute atomic E-state index is 0.0983. The molecule has 0 saturated carbocycles. The average Bonchev–Trinajstić information content (AvgIpc) is 3.32. The van der Waals surface area contributed by atoms with Crippen molar-refractivity contribution in [2.24, 2.45) is 0 Å². The van der Waals surface area contributed by atoms with Crippen LogP contribution in [0.2, 0.25) is 10.0 Å². The normalized spacial score (nSPS) is 11.4. The quantitative estimate of drug-likeness (QED) is 0.196. The Morgan fingerprint density at radius 1 is 0.865 bits per heavy atom. The van der Waals surface area contributed by atoms with E-state index in [4.69, 9.17) is 27.9 Å². The minimum atomic E-state index is 0.0983. The molecule has 0 aliphatic carbocycles. The first kappa shape index (κ1) is 27.2. The molecule has 0 spiro atoms. The maximum Gasteiger partial charge on any atom is 0.237 e. The standard InChI is InChI=1S/C30H33Cl2N3O2/c1-37-18-4-16-34(20-23-7-11-26(31)12-8-23)22-30(36)35(21-24-9-13-27(32)14-10-24)17-15-25-19-33-29-6-3-2-5-28(25)29/h2-3,5-14,19,33H,4,15-18,20-22H2,1H3. The SMILES string of the molecule is COCCCN(CC(=O)N(CCc1c[nH]c2ccccc12)Cc1ccc(Cl)cc1)Cc1ccc(Cl)cc1. The fourth-order valence-electron chi connectivity index (χ4n) is 4.48. The van der Waals surface area contributed by atoms with Crippen molar-refractivity contribution < 1.29 is 9.53 Å². The lowest BCUT2D eigenvalue weighted by Gasteiger charge is -2.28. The zero-order chi connectivity index (χ0) is 26.0. The predicted octanol–water partition coefficient (Wildman–Crippen LogP) is 6.58. The number of amides is 1. The van der Waals surface area contributed by atoms with Crippen LogP contribution in [0.15, 0.2) is 79.0 Å². The second-order valence-corrected chi connectivity index (χ2v) is 10.1. The summed E-state index contributed by atoms with van der Waals surface area (Å²) >= 11 is 12.2. The van der Waals surface area contributed by atoms with E-state index in [1.807, 2.05) is 71.8 Å². The van der Waals surface area contributed by atoms with Gasteiger partial charge in [0.15, 0.2) is 0 Å². The van der Waals surface area contributed by atoms with Crippen molar-refractivity contribution in [3.8, 4) is 0 Å². The lowest BCUT2D eigenvalue weighted by atomic mass is 10.1. The molecule has 7 heteroatoms. The van der Waals surface area contributed by atoms with Crippen LogP contribution in [0.4, 0.5) is 0 Å². The van der Waals surface area contributed by atoms with E-state index in [1.165, 1.54) is 10.9 Å². The number of halogens is 2. The van der Waals surface area contributed by atoms with Gasteiger partial charge in [0.1, 0.15) is 0 Å². The Morgan fingerprint density at radius 3 is 2.19 bits per heavy atom. The molecule has 0 bridgehead atoms. The van der Waals surface area contributed by atoms with E-state index < -0.39 is 0 Å². The van der Waals surface area contributed by atoms with Crippen molar-refractivity contribution >= 4 is 40.0 Å². The monoisotopic (exact) mass is 537 g/mol. The molecule has 0 unspecified atom stereocenters. The van der Waals surface area contributed by atoms with Crippen molar-refractivity contribution in [3.63, 3.8) is 0 Å². The topological polar surface area (TPSA) is 48.6 Å². The van der Waals surface area contributed by atoms with Gasteiger partial charge in [-0.05, 0) is 59.9 Å². The summed E-state index contributed by atoms with van der Waals surface area (Å²) < 4.78 is 5.26. The molecule has 1 amide bonds. The van der Waals surface area contributed by atoms with Gasteiger partial charge < -0.3 is 14.6 Å². The van der Waals surface area contributed by atoms with Crippen LogP contribution in [0.1, 0.15) is 23.1 Å². The third-order valence-corrected chi connectivity index (χ3v) is 6.97. The Bertz CT molecular complexity index is 1270. The van der Waals surface area contributed by atoms with Crippen molar-refractivity contribution in [3.05, 3.63) is 106 Å². The summed E-state index contributed by atoms with van der Waals surface area (Å²) in [5, 5.41) is 2.59. The summed E-state index contributed by atoms with van der Waals surface area (Å²) in [4.78, 5) is 21.2. The summed E-state index contributed by atoms with van der Waals surface area (Å²) in [7, 11) is 1.70. The molecule has 0 atom stereocenters. The van der Waals surface area contributed by atoms with Crippen LogP contribution in [0.25, 0.3) is 10.9 Å². The summed E-state index contributed by atoms with van der Waals surface area (Å²) in [6.07, 6.45) is 3.67. The number of fused-ring (bicyclic) bond motifs is 1. The van der Waals surface area contributed by atoms with Crippen LogP contribution in [-0.2, 0) is 29.0 Å². The number of aromatic amines is 1. The molecule has 1 heterocycles. The number of hydrogen-bond acceptors (Lipinski definition) is 3. The molecule has 0 saturated heterocycles. The van der Waals surface area contributed by atoms with Crippen LogP contribution in [0.3, 0.4) is 0 Å². The fraction of sp³-hybridized carbons (Fsp3) is 0.300. The maximum atomic E-state index is 13.7. The Hall–Kier alpha value is -2.83. The van der Waals surface area contributed by atoms with E-state index in [-0.39, 0.29) is 5.91 Å². The van der Waals surface area contributed by atoms with Crippen molar-refractivity contribution in [1.29, 1.82) is 0 Å². The van der Waals surface area contributed by atoms with Gasteiger partial charge >= 0.3 is 0 Å². The number of methoxy groups -OCH3 is 1. The number of carbonyl (C=O) groups excluding carboxylic acids is 1. The number of rotatable bonds is 13. The first-order valence-corrected chi connectivity index (χ1v) is 13.3. The summed E-state index contributed by atoms with van der Waals surface area (Å²) in [6, 6.07) is 23.8. The van der Waals surface area contributed by atoms with Gasteiger partial charge in [0, 0.05) is 67.0 Å². The Labute approximate surface area is 228 Å². The highest BCUT2D eigenvalue weighted by atomic mass is 35.5. The number of carbonyl (C=O) groups is 1. The lowest BCUT2D eigenvalue weighted by Crippen LogP contribution is -2.41. The van der Waals surface area contributed by atoms with E-state index in [2.05, 4.69) is 22.0 Å². The third-order valence-electron chi connectivity index (χ3n) is 6.47. The summed E-state index contributed by atoms with van der Waals surface area (Å²) in [5.74, 6) is 0.0983. The molecule has 0 fully saturated rings. The van der Waals surface area contributed by atoms with Gasteiger partial charge in [-0.2, -0.15) is 0 Å². The van der Waals surface area contributed by atoms with Gasteiger partial charge in [-0.25, -0.2) is 0 Å². The molecule has 0 aliphatic heterocycles. The highest BCUT2D eigenvalue weighted by Crippen LogP contribution is 2.20. The molecule has 0 aliphatic rings. The zero-order valence-corrected chi connectivity index (χ0v) is 22.6. The van der Waals surface area contributed by atoms with Crippen molar-refractivity contribution in [2.75, 3.05) is 33.4 Å². The van der Waals surface area contributed by atoms with E-state index >= 15 is 0 Å². The number of nitrogens with zero attached hydrogens (tertiary/aromatic N) is 2. The lowest BCUT2D eigenvalue weighted by molar-refractivity contribution is -0.133.